The summed E-state index contributed by atoms with van der Waals surface area (Å²) in [5, 5.41) is 0. The van der Waals surface area contributed by atoms with Crippen LogP contribution < -0.4 is 21.9 Å². The van der Waals surface area contributed by atoms with Crippen molar-refractivity contribution in [3.05, 3.63) is 92.1 Å². The van der Waals surface area contributed by atoms with Gasteiger partial charge in [-0.25, -0.2) is 4.79 Å². The average molecular weight is 518 g/mol. The Morgan fingerprint density at radius 3 is 2.11 bits per heavy atom. The van der Waals surface area contributed by atoms with Crippen LogP contribution in [0.4, 0.5) is 11.5 Å². The zero-order valence-corrected chi connectivity index (χ0v) is 21.5. The number of aromatic nitrogens is 2. The highest BCUT2D eigenvalue weighted by Crippen LogP contribution is 2.28. The zero-order valence-electron chi connectivity index (χ0n) is 21.5. The number of unbranched alkanes of at least 4 members (excludes halogenated alkanes) is 1. The van der Waals surface area contributed by atoms with Crippen LogP contribution in [0.2, 0.25) is 0 Å². The average Bonchev–Trinajstić information content (AvgIpc) is 3.16. The Hall–Kier alpha value is -4.47. The minimum atomic E-state index is -1.24. The van der Waals surface area contributed by atoms with E-state index >= 15 is 0 Å². The molecule has 1 unspecified atom stereocenters. The predicted molar refractivity (Wildman–Crippen MR) is 144 cm³/mol. The number of carbonyl (C=O) groups excluding carboxylic acids is 3. The van der Waals surface area contributed by atoms with E-state index in [9.17, 15) is 24.0 Å². The van der Waals surface area contributed by atoms with Crippen molar-refractivity contribution < 1.29 is 14.4 Å². The van der Waals surface area contributed by atoms with E-state index in [2.05, 4.69) is 4.98 Å². The molecule has 1 aromatic heterocycles. The van der Waals surface area contributed by atoms with Gasteiger partial charge >= 0.3 is 5.69 Å². The molecule has 0 radical (unpaired) electrons. The maximum Gasteiger partial charge on any atom is 0.330 e. The number of imide groups is 1. The molecule has 198 valence electrons. The van der Waals surface area contributed by atoms with Crippen molar-refractivity contribution in [2.45, 2.75) is 52.1 Å². The Morgan fingerprint density at radius 1 is 0.921 bits per heavy atom. The molecule has 3 N–H and O–H groups in total. The summed E-state index contributed by atoms with van der Waals surface area (Å²) in [6.45, 7) is 4.15. The van der Waals surface area contributed by atoms with E-state index in [0.29, 0.717) is 19.3 Å². The molecule has 0 bridgehead atoms. The molecule has 4 rings (SSSR count). The van der Waals surface area contributed by atoms with Gasteiger partial charge in [0.2, 0.25) is 0 Å². The Labute approximate surface area is 219 Å². The van der Waals surface area contributed by atoms with Gasteiger partial charge in [-0.05, 0) is 30.5 Å². The predicted octanol–water partition coefficient (Wildman–Crippen LogP) is 2.57. The summed E-state index contributed by atoms with van der Waals surface area (Å²) < 4.78 is 1.22. The number of aromatic amines is 1. The Morgan fingerprint density at radius 2 is 1.53 bits per heavy atom. The lowest BCUT2D eigenvalue weighted by atomic mass is 10.0. The van der Waals surface area contributed by atoms with Crippen molar-refractivity contribution in [3.63, 3.8) is 0 Å². The SMILES string of the molecule is CCCCN(C(=O)C(Cc1ccccc1)N1C(=O)c2ccccc2C1=O)c1c(N)n(CCC)c(=O)[nH]c1=O. The van der Waals surface area contributed by atoms with Crippen LogP contribution in [0.3, 0.4) is 0 Å². The minimum absolute atomic E-state index is 0.0418. The molecule has 1 atom stereocenters. The zero-order chi connectivity index (χ0) is 27.4. The fourth-order valence-corrected chi connectivity index (χ4v) is 4.73. The third kappa shape index (κ3) is 4.89. The number of rotatable bonds is 10. The van der Waals surface area contributed by atoms with Gasteiger partial charge in [0.1, 0.15) is 11.9 Å². The first-order valence-corrected chi connectivity index (χ1v) is 12.7. The molecule has 0 saturated heterocycles. The molecule has 2 heterocycles. The first kappa shape index (κ1) is 26.6. The van der Waals surface area contributed by atoms with Crippen molar-refractivity contribution in [2.24, 2.45) is 0 Å². The van der Waals surface area contributed by atoms with E-state index in [4.69, 9.17) is 5.73 Å². The summed E-state index contributed by atoms with van der Waals surface area (Å²) in [6.07, 6.45) is 1.84. The molecular formula is C28H31N5O5. The number of H-pyrrole nitrogens is 1. The molecule has 1 aliphatic rings. The normalized spacial score (nSPS) is 13.5. The van der Waals surface area contributed by atoms with Gasteiger partial charge in [-0.2, -0.15) is 0 Å². The molecule has 3 amide bonds. The maximum absolute atomic E-state index is 14.3. The molecule has 0 spiro atoms. The Kier molecular flexibility index (Phi) is 7.90. The highest BCUT2D eigenvalue weighted by Gasteiger charge is 2.44. The van der Waals surface area contributed by atoms with Gasteiger partial charge in [-0.15, -0.1) is 0 Å². The van der Waals surface area contributed by atoms with Crippen LogP contribution in [0.1, 0.15) is 59.4 Å². The molecule has 38 heavy (non-hydrogen) atoms. The van der Waals surface area contributed by atoms with Crippen LogP contribution in [-0.2, 0) is 17.8 Å². The number of hydrogen-bond donors (Lipinski definition) is 2. The van der Waals surface area contributed by atoms with Crippen molar-refractivity contribution in [3.8, 4) is 0 Å². The lowest BCUT2D eigenvalue weighted by molar-refractivity contribution is -0.122. The maximum atomic E-state index is 14.3. The van der Waals surface area contributed by atoms with Crippen LogP contribution in [0.25, 0.3) is 0 Å². The van der Waals surface area contributed by atoms with Gasteiger partial charge < -0.3 is 10.6 Å². The van der Waals surface area contributed by atoms with E-state index in [-0.39, 0.29) is 42.1 Å². The number of anilines is 2. The lowest BCUT2D eigenvalue weighted by Crippen LogP contribution is -2.54. The third-order valence-electron chi connectivity index (χ3n) is 6.63. The summed E-state index contributed by atoms with van der Waals surface area (Å²) >= 11 is 0. The Bertz CT molecular complexity index is 1440. The van der Waals surface area contributed by atoms with Crippen LogP contribution in [0.15, 0.2) is 64.2 Å². The second kappa shape index (κ2) is 11.3. The van der Waals surface area contributed by atoms with Crippen LogP contribution >= 0.6 is 0 Å². The molecule has 3 aromatic rings. The summed E-state index contributed by atoms with van der Waals surface area (Å²) in [7, 11) is 0. The standard InChI is InChI=1S/C28H31N5O5/c1-3-5-16-31(22-23(29)32(15-4-2)28(38)30-24(22)34)27(37)21(17-18-11-7-6-8-12-18)33-25(35)19-13-9-10-14-20(19)26(33)36/h6-14,21H,3-5,15-17,29H2,1-2H3,(H,30,34,38). The molecule has 2 aromatic carbocycles. The van der Waals surface area contributed by atoms with Crippen molar-refractivity contribution in [1.29, 1.82) is 0 Å². The molecule has 0 aliphatic carbocycles. The van der Waals surface area contributed by atoms with Crippen LogP contribution in [0.5, 0.6) is 0 Å². The highest BCUT2D eigenvalue weighted by atomic mass is 16.2. The number of nitrogens with one attached hydrogen (secondary N) is 1. The van der Waals surface area contributed by atoms with E-state index in [1.54, 1.807) is 48.5 Å². The molecule has 0 saturated carbocycles. The summed E-state index contributed by atoms with van der Waals surface area (Å²) in [4.78, 5) is 71.1. The Balaban J connectivity index is 1.85. The topological polar surface area (TPSA) is 139 Å². The quantitative estimate of drug-likeness (QED) is 0.397. The molecule has 10 heteroatoms. The number of amides is 3. The van der Waals surface area contributed by atoms with E-state index < -0.39 is 35.0 Å². The number of nitrogens with zero attached hydrogens (tertiary/aromatic N) is 3. The van der Waals surface area contributed by atoms with Gasteiger partial charge in [0.25, 0.3) is 23.3 Å². The van der Waals surface area contributed by atoms with Gasteiger partial charge in [0.05, 0.1) is 11.1 Å². The second-order valence-electron chi connectivity index (χ2n) is 9.22. The molecular weight excluding hydrogens is 486 g/mol. The summed E-state index contributed by atoms with van der Waals surface area (Å²) in [5.41, 5.74) is 5.86. The summed E-state index contributed by atoms with van der Waals surface area (Å²) in [5.74, 6) is -1.91. The van der Waals surface area contributed by atoms with Gasteiger partial charge in [-0.1, -0.05) is 62.7 Å². The van der Waals surface area contributed by atoms with Gasteiger partial charge in [-0.3, -0.25) is 33.6 Å². The smallest absolute Gasteiger partial charge is 0.330 e. The lowest BCUT2D eigenvalue weighted by Gasteiger charge is -2.32. The monoisotopic (exact) mass is 517 g/mol. The van der Waals surface area contributed by atoms with Crippen molar-refractivity contribution >= 4 is 29.2 Å². The third-order valence-corrected chi connectivity index (χ3v) is 6.63. The van der Waals surface area contributed by atoms with Gasteiger partial charge in [0, 0.05) is 19.5 Å². The first-order chi connectivity index (χ1) is 18.3. The number of carbonyl (C=O) groups is 3. The number of benzene rings is 2. The number of nitrogens with two attached hydrogens (primary N) is 1. The fourth-order valence-electron chi connectivity index (χ4n) is 4.73. The van der Waals surface area contributed by atoms with Crippen LogP contribution in [-0.4, -0.2) is 44.8 Å². The number of fused-ring (bicyclic) bond motifs is 1. The van der Waals surface area contributed by atoms with E-state index in [1.165, 1.54) is 9.47 Å². The number of nitrogen functional groups attached to an aromatic ring is 1. The number of hydrogen-bond acceptors (Lipinski definition) is 6. The highest BCUT2D eigenvalue weighted by molar-refractivity contribution is 6.23. The first-order valence-electron chi connectivity index (χ1n) is 12.7. The summed E-state index contributed by atoms with van der Waals surface area (Å²) in [6, 6.07) is 14.2. The van der Waals surface area contributed by atoms with Crippen molar-refractivity contribution in [1.82, 2.24) is 14.5 Å². The van der Waals surface area contributed by atoms with E-state index in [0.717, 1.165) is 10.5 Å². The van der Waals surface area contributed by atoms with Gasteiger partial charge in [0.15, 0.2) is 5.69 Å². The largest absolute Gasteiger partial charge is 0.383 e. The van der Waals surface area contributed by atoms with E-state index in [1.807, 2.05) is 19.9 Å². The molecule has 0 fully saturated rings. The minimum Gasteiger partial charge on any atom is -0.383 e. The molecule has 1 aliphatic heterocycles. The molecule has 10 nitrogen and oxygen atoms in total. The fraction of sp³-hybridized carbons (Fsp3) is 0.321. The van der Waals surface area contributed by atoms with Crippen LogP contribution in [0, 0.1) is 0 Å². The second-order valence-corrected chi connectivity index (χ2v) is 9.22. The van der Waals surface area contributed by atoms with Crippen molar-refractivity contribution in [2.75, 3.05) is 17.2 Å².